The van der Waals surface area contributed by atoms with Crippen LogP contribution in [0, 0.1) is 0 Å². The zero-order chi connectivity index (χ0) is 14.5. The minimum Gasteiger partial charge on any atom is -0.378 e. The van der Waals surface area contributed by atoms with Gasteiger partial charge in [-0.25, -0.2) is 4.98 Å². The second kappa shape index (κ2) is 6.90. The van der Waals surface area contributed by atoms with Gasteiger partial charge in [-0.05, 0) is 32.8 Å². The molecule has 1 aliphatic rings. The number of nitrogens with one attached hydrogen (secondary N) is 2. The lowest BCUT2D eigenvalue weighted by Gasteiger charge is -2.35. The van der Waals surface area contributed by atoms with Crippen LogP contribution in [0.25, 0.3) is 0 Å². The first-order valence-corrected chi connectivity index (χ1v) is 7.33. The summed E-state index contributed by atoms with van der Waals surface area (Å²) in [7, 11) is 0. The van der Waals surface area contributed by atoms with Gasteiger partial charge in [-0.15, -0.1) is 0 Å². The molecule has 1 aromatic rings. The van der Waals surface area contributed by atoms with Gasteiger partial charge in [0.25, 0.3) is 5.91 Å². The topological polar surface area (TPSA) is 63.2 Å². The van der Waals surface area contributed by atoms with Crippen molar-refractivity contribution in [2.24, 2.45) is 0 Å². The summed E-state index contributed by atoms with van der Waals surface area (Å²) in [5, 5.41) is 6.40. The van der Waals surface area contributed by atoms with E-state index in [1.54, 1.807) is 6.07 Å². The number of anilines is 1. The molecule has 0 atom stereocenters. The number of nitrogens with zero attached hydrogens (tertiary/aromatic N) is 1. The lowest BCUT2D eigenvalue weighted by atomic mass is 9.89. The van der Waals surface area contributed by atoms with E-state index in [9.17, 15) is 4.79 Å². The molecule has 1 saturated carbocycles. The van der Waals surface area contributed by atoms with Crippen LogP contribution >= 0.6 is 11.6 Å². The van der Waals surface area contributed by atoms with Gasteiger partial charge in [0.1, 0.15) is 5.82 Å². The Kier molecular flexibility index (Phi) is 5.20. The van der Waals surface area contributed by atoms with Gasteiger partial charge in [0.15, 0.2) is 0 Å². The number of rotatable bonds is 6. The molecule has 1 amide bonds. The maximum absolute atomic E-state index is 12.2. The first-order valence-electron chi connectivity index (χ1n) is 6.95. The van der Waals surface area contributed by atoms with Crippen molar-refractivity contribution in [2.45, 2.75) is 38.8 Å². The highest BCUT2D eigenvalue weighted by molar-refractivity contribution is 6.33. The number of amides is 1. The zero-order valence-corrected chi connectivity index (χ0v) is 12.5. The number of aromatic nitrogens is 1. The molecule has 1 heterocycles. The standard InChI is InChI=1S/C14H20ClN3O2/c1-3-16-13-7-11(12(15)8-17-13)14(19)18-9-5-10(6-9)20-4-2/h7-10H,3-6H2,1-2H3,(H,16,17)(H,18,19). The maximum atomic E-state index is 12.2. The van der Waals surface area contributed by atoms with Crippen LogP contribution in [0.15, 0.2) is 12.3 Å². The van der Waals surface area contributed by atoms with Crippen molar-refractivity contribution in [1.82, 2.24) is 10.3 Å². The van der Waals surface area contributed by atoms with Crippen molar-refractivity contribution in [3.63, 3.8) is 0 Å². The van der Waals surface area contributed by atoms with Crippen LogP contribution in [-0.2, 0) is 4.74 Å². The van der Waals surface area contributed by atoms with Crippen molar-refractivity contribution in [1.29, 1.82) is 0 Å². The molecule has 0 saturated heterocycles. The third kappa shape index (κ3) is 3.61. The lowest BCUT2D eigenvalue weighted by Crippen LogP contribution is -2.47. The number of pyridine rings is 1. The van der Waals surface area contributed by atoms with Crippen LogP contribution in [0.4, 0.5) is 5.82 Å². The van der Waals surface area contributed by atoms with Gasteiger partial charge in [0, 0.05) is 25.4 Å². The number of hydrogen-bond acceptors (Lipinski definition) is 4. The Morgan fingerprint density at radius 3 is 2.90 bits per heavy atom. The first-order chi connectivity index (χ1) is 9.63. The van der Waals surface area contributed by atoms with Gasteiger partial charge < -0.3 is 15.4 Å². The minimum absolute atomic E-state index is 0.156. The molecule has 20 heavy (non-hydrogen) atoms. The highest BCUT2D eigenvalue weighted by Crippen LogP contribution is 2.24. The number of ether oxygens (including phenoxy) is 1. The van der Waals surface area contributed by atoms with Gasteiger partial charge in [0.05, 0.1) is 16.7 Å². The number of carbonyl (C=O) groups is 1. The second-order valence-electron chi connectivity index (χ2n) is 4.80. The van der Waals surface area contributed by atoms with Crippen molar-refractivity contribution >= 4 is 23.3 Å². The quantitative estimate of drug-likeness (QED) is 0.847. The molecule has 5 nitrogen and oxygen atoms in total. The molecule has 0 unspecified atom stereocenters. The number of hydrogen-bond donors (Lipinski definition) is 2. The first kappa shape index (κ1) is 15.1. The second-order valence-corrected chi connectivity index (χ2v) is 5.21. The van der Waals surface area contributed by atoms with E-state index in [-0.39, 0.29) is 18.1 Å². The third-order valence-corrected chi connectivity index (χ3v) is 3.59. The average Bonchev–Trinajstić information content (AvgIpc) is 2.38. The van der Waals surface area contributed by atoms with Gasteiger partial charge in [-0.2, -0.15) is 0 Å². The molecule has 110 valence electrons. The van der Waals surface area contributed by atoms with Gasteiger partial charge in [-0.3, -0.25) is 4.79 Å². The number of carbonyl (C=O) groups excluding carboxylic acids is 1. The SMILES string of the molecule is CCNc1cc(C(=O)NC2CC(OCC)C2)c(Cl)cn1. The summed E-state index contributed by atoms with van der Waals surface area (Å²) in [6.45, 7) is 5.41. The summed E-state index contributed by atoms with van der Waals surface area (Å²) < 4.78 is 5.47. The predicted molar refractivity (Wildman–Crippen MR) is 79.3 cm³/mol. The van der Waals surface area contributed by atoms with Crippen LogP contribution in [-0.4, -0.2) is 36.2 Å². The van der Waals surface area contributed by atoms with Gasteiger partial charge >= 0.3 is 0 Å². The molecule has 1 aromatic heterocycles. The molecule has 2 N–H and O–H groups in total. The van der Waals surface area contributed by atoms with Crippen molar-refractivity contribution in [2.75, 3.05) is 18.5 Å². The summed E-state index contributed by atoms with van der Waals surface area (Å²) in [4.78, 5) is 16.3. The molecule has 0 bridgehead atoms. The molecule has 0 radical (unpaired) electrons. The van der Waals surface area contributed by atoms with Crippen molar-refractivity contribution < 1.29 is 9.53 Å². The maximum Gasteiger partial charge on any atom is 0.253 e. The Balaban J connectivity index is 1.94. The van der Waals surface area contributed by atoms with Crippen molar-refractivity contribution in [3.05, 3.63) is 22.8 Å². The summed E-state index contributed by atoms with van der Waals surface area (Å²) in [6, 6.07) is 1.85. The molecule has 1 aliphatic carbocycles. The molecule has 0 aliphatic heterocycles. The summed E-state index contributed by atoms with van der Waals surface area (Å²) >= 11 is 6.04. The van der Waals surface area contributed by atoms with E-state index in [1.807, 2.05) is 13.8 Å². The van der Waals surface area contributed by atoms with Crippen LogP contribution in [0.1, 0.15) is 37.0 Å². The highest BCUT2D eigenvalue weighted by atomic mass is 35.5. The van der Waals surface area contributed by atoms with Crippen molar-refractivity contribution in [3.8, 4) is 0 Å². The van der Waals surface area contributed by atoms with Gasteiger partial charge in [0.2, 0.25) is 0 Å². The Bertz CT molecular complexity index is 475. The molecular formula is C14H20ClN3O2. The Morgan fingerprint density at radius 2 is 2.25 bits per heavy atom. The molecule has 6 heteroatoms. The fraction of sp³-hybridized carbons (Fsp3) is 0.571. The molecule has 2 rings (SSSR count). The minimum atomic E-state index is -0.156. The smallest absolute Gasteiger partial charge is 0.253 e. The van der Waals surface area contributed by atoms with Crippen LogP contribution in [0.5, 0.6) is 0 Å². The molecule has 0 spiro atoms. The average molecular weight is 298 g/mol. The van der Waals surface area contributed by atoms with E-state index in [1.165, 1.54) is 6.20 Å². The highest BCUT2D eigenvalue weighted by Gasteiger charge is 2.31. The predicted octanol–water partition coefficient (Wildman–Crippen LogP) is 2.46. The fourth-order valence-electron chi connectivity index (χ4n) is 2.21. The Hall–Kier alpha value is -1.33. The monoisotopic (exact) mass is 297 g/mol. The van der Waals surface area contributed by atoms with Crippen LogP contribution < -0.4 is 10.6 Å². The fourth-order valence-corrected chi connectivity index (χ4v) is 2.40. The van der Waals surface area contributed by atoms with Crippen LogP contribution in [0.3, 0.4) is 0 Å². The van der Waals surface area contributed by atoms with E-state index >= 15 is 0 Å². The summed E-state index contributed by atoms with van der Waals surface area (Å²) in [5.41, 5.74) is 0.456. The Labute approximate surface area is 124 Å². The largest absolute Gasteiger partial charge is 0.378 e. The molecule has 1 fully saturated rings. The lowest BCUT2D eigenvalue weighted by molar-refractivity contribution is -0.00862. The zero-order valence-electron chi connectivity index (χ0n) is 11.8. The van der Waals surface area contributed by atoms with E-state index < -0.39 is 0 Å². The molecule has 0 aromatic carbocycles. The normalized spacial score (nSPS) is 21.1. The Morgan fingerprint density at radius 1 is 1.50 bits per heavy atom. The van der Waals surface area contributed by atoms with E-state index in [2.05, 4.69) is 15.6 Å². The van der Waals surface area contributed by atoms with E-state index in [4.69, 9.17) is 16.3 Å². The van der Waals surface area contributed by atoms with Gasteiger partial charge in [-0.1, -0.05) is 11.6 Å². The van der Waals surface area contributed by atoms with E-state index in [0.717, 1.165) is 19.4 Å². The third-order valence-electron chi connectivity index (χ3n) is 3.29. The number of halogens is 1. The molecular weight excluding hydrogens is 278 g/mol. The summed E-state index contributed by atoms with van der Waals surface area (Å²) in [5.74, 6) is 0.499. The van der Waals surface area contributed by atoms with Crippen LogP contribution in [0.2, 0.25) is 5.02 Å². The van der Waals surface area contributed by atoms with E-state index in [0.29, 0.717) is 23.0 Å². The summed E-state index contributed by atoms with van der Waals surface area (Å²) in [6.07, 6.45) is 3.50.